The molecule has 3 aromatic rings. The van der Waals surface area contributed by atoms with Gasteiger partial charge in [-0.15, -0.1) is 0 Å². The van der Waals surface area contributed by atoms with Crippen LogP contribution in [0.3, 0.4) is 0 Å². The predicted molar refractivity (Wildman–Crippen MR) is 121 cm³/mol. The highest BCUT2D eigenvalue weighted by Gasteiger charge is 2.32. The van der Waals surface area contributed by atoms with E-state index in [-0.39, 0.29) is 11.4 Å². The van der Waals surface area contributed by atoms with E-state index >= 15 is 0 Å². The average molecular weight is 472 g/mol. The first-order valence-electron chi connectivity index (χ1n) is 10.7. The van der Waals surface area contributed by atoms with Crippen molar-refractivity contribution in [3.8, 4) is 5.75 Å². The Morgan fingerprint density at radius 3 is 2.26 bits per heavy atom. The van der Waals surface area contributed by atoms with Crippen LogP contribution in [0.2, 0.25) is 0 Å². The van der Waals surface area contributed by atoms with E-state index in [9.17, 15) is 28.4 Å². The lowest BCUT2D eigenvalue weighted by Gasteiger charge is -2.40. The van der Waals surface area contributed by atoms with Crippen molar-refractivity contribution in [1.29, 1.82) is 0 Å². The van der Waals surface area contributed by atoms with Crippen LogP contribution in [-0.4, -0.2) is 46.1 Å². The van der Waals surface area contributed by atoms with Gasteiger partial charge in [0, 0.05) is 50.1 Å². The molecule has 178 valence electrons. The number of aryl methyl sites for hydroxylation is 1. The van der Waals surface area contributed by atoms with E-state index in [1.807, 2.05) is 36.1 Å². The largest absolute Gasteiger partial charge is 0.508 e. The highest BCUT2D eigenvalue weighted by Crippen LogP contribution is 2.37. The summed E-state index contributed by atoms with van der Waals surface area (Å²) in [6, 6.07) is 13.7. The molecule has 1 N–H and O–H groups in total. The molecule has 0 spiro atoms. The average Bonchev–Trinajstić information content (AvgIpc) is 2.81. The van der Waals surface area contributed by atoms with Crippen LogP contribution in [0, 0.1) is 17.0 Å². The molecule has 1 fully saturated rings. The molecule has 0 radical (unpaired) electrons. The minimum atomic E-state index is -4.44. The summed E-state index contributed by atoms with van der Waals surface area (Å²) in [6.07, 6.45) is -3.61. The minimum Gasteiger partial charge on any atom is -0.508 e. The molecule has 4 rings (SSSR count). The maximum atomic E-state index is 12.8. The second kappa shape index (κ2) is 9.30. The highest BCUT2D eigenvalue weighted by atomic mass is 19.4. The molecule has 0 bridgehead atoms. The van der Waals surface area contributed by atoms with Gasteiger partial charge in [-0.05, 0) is 30.7 Å². The fourth-order valence-electron chi connectivity index (χ4n) is 4.16. The summed E-state index contributed by atoms with van der Waals surface area (Å²) in [4.78, 5) is 18.8. The van der Waals surface area contributed by atoms with Crippen LogP contribution in [0.25, 0.3) is 0 Å². The Hall–Kier alpha value is -3.66. The van der Waals surface area contributed by atoms with Crippen molar-refractivity contribution in [1.82, 2.24) is 9.88 Å². The van der Waals surface area contributed by atoms with E-state index in [0.29, 0.717) is 37.6 Å². The highest BCUT2D eigenvalue weighted by molar-refractivity contribution is 5.48. The molecular formula is C24H23F3N4O3. The fourth-order valence-corrected chi connectivity index (χ4v) is 4.16. The number of hydrogen-bond donors (Lipinski definition) is 1. The maximum Gasteiger partial charge on any atom is 0.417 e. The van der Waals surface area contributed by atoms with E-state index in [1.165, 1.54) is 24.3 Å². The number of hydrogen-bond acceptors (Lipinski definition) is 6. The lowest BCUT2D eigenvalue weighted by atomic mass is 9.94. The van der Waals surface area contributed by atoms with E-state index in [4.69, 9.17) is 0 Å². The number of phenols is 1. The van der Waals surface area contributed by atoms with Crippen molar-refractivity contribution in [2.45, 2.75) is 19.1 Å². The summed E-state index contributed by atoms with van der Waals surface area (Å²) in [5.41, 5.74) is 1.46. The van der Waals surface area contributed by atoms with Gasteiger partial charge in [0.1, 0.15) is 11.6 Å². The molecule has 1 saturated heterocycles. The van der Waals surface area contributed by atoms with Gasteiger partial charge < -0.3 is 10.0 Å². The second-order valence-corrected chi connectivity index (χ2v) is 8.24. The van der Waals surface area contributed by atoms with Gasteiger partial charge in [-0.25, -0.2) is 4.98 Å². The van der Waals surface area contributed by atoms with Crippen molar-refractivity contribution in [3.05, 3.63) is 93.2 Å². The molecule has 0 unspecified atom stereocenters. The fraction of sp³-hybridized carbons (Fsp3) is 0.292. The normalized spacial score (nSPS) is 15.8. The first kappa shape index (κ1) is 23.5. The van der Waals surface area contributed by atoms with Gasteiger partial charge in [-0.2, -0.15) is 13.2 Å². The van der Waals surface area contributed by atoms with Gasteiger partial charge in [0.15, 0.2) is 0 Å². The molecule has 34 heavy (non-hydrogen) atoms. The quantitative estimate of drug-likeness (QED) is 0.419. The molecule has 7 nitrogen and oxygen atoms in total. The summed E-state index contributed by atoms with van der Waals surface area (Å²) in [5.74, 6) is 0.417. The summed E-state index contributed by atoms with van der Waals surface area (Å²) in [5, 5.41) is 22.0. The van der Waals surface area contributed by atoms with Crippen LogP contribution < -0.4 is 4.90 Å². The van der Waals surface area contributed by atoms with Crippen LogP contribution >= 0.6 is 0 Å². The third kappa shape index (κ3) is 4.96. The summed E-state index contributed by atoms with van der Waals surface area (Å²) in [7, 11) is 0. The number of phenolic OH excluding ortho intramolecular Hbond substituents is 1. The van der Waals surface area contributed by atoms with Crippen molar-refractivity contribution in [2.24, 2.45) is 0 Å². The van der Waals surface area contributed by atoms with Crippen molar-refractivity contribution < 1.29 is 23.2 Å². The molecule has 1 aliphatic rings. The van der Waals surface area contributed by atoms with Crippen LogP contribution in [-0.2, 0) is 6.18 Å². The number of nitrogens with zero attached hydrogens (tertiary/aromatic N) is 4. The number of nitro benzene ring substituents is 1. The Morgan fingerprint density at radius 1 is 1.03 bits per heavy atom. The van der Waals surface area contributed by atoms with Gasteiger partial charge in [0.2, 0.25) is 0 Å². The van der Waals surface area contributed by atoms with Crippen molar-refractivity contribution >= 4 is 11.5 Å². The number of aromatic nitrogens is 1. The standard InChI is InChI=1S/C24H23F3N4O3/c1-16-2-4-17(5-3-16)23(20-14-19(31(33)34)7-8-21(20)32)30-12-10-29(11-13-30)22-9-6-18(15-28-22)24(25,26)27/h2-9,14-15,23,32H,10-13H2,1H3/t23-/m0/s1. The number of benzene rings is 2. The first-order valence-corrected chi connectivity index (χ1v) is 10.7. The Labute approximate surface area is 194 Å². The molecule has 2 aromatic carbocycles. The van der Waals surface area contributed by atoms with Crippen LogP contribution in [0.15, 0.2) is 60.8 Å². The van der Waals surface area contributed by atoms with E-state index in [2.05, 4.69) is 9.88 Å². The molecule has 0 aliphatic carbocycles. The van der Waals surface area contributed by atoms with Gasteiger partial charge in [-0.1, -0.05) is 29.8 Å². The molecule has 1 atom stereocenters. The minimum absolute atomic E-state index is 0.0389. The number of non-ortho nitro benzene ring substituents is 1. The molecule has 2 heterocycles. The number of aromatic hydroxyl groups is 1. The summed E-state index contributed by atoms with van der Waals surface area (Å²) >= 11 is 0. The number of alkyl halides is 3. The number of rotatable bonds is 5. The third-order valence-electron chi connectivity index (χ3n) is 5.99. The Bertz CT molecular complexity index is 1160. The zero-order valence-electron chi connectivity index (χ0n) is 18.4. The molecular weight excluding hydrogens is 449 g/mol. The zero-order valence-corrected chi connectivity index (χ0v) is 18.4. The monoisotopic (exact) mass is 472 g/mol. The SMILES string of the molecule is Cc1ccc([C@@H](c2cc([N+](=O)[O-])ccc2O)N2CCN(c3ccc(C(F)(F)F)cn3)CC2)cc1. The topological polar surface area (TPSA) is 82.7 Å². The smallest absolute Gasteiger partial charge is 0.417 e. The number of nitro groups is 1. The first-order chi connectivity index (χ1) is 16.1. The van der Waals surface area contributed by atoms with Crippen molar-refractivity contribution in [3.63, 3.8) is 0 Å². The maximum absolute atomic E-state index is 12.8. The van der Waals surface area contributed by atoms with Crippen molar-refractivity contribution in [2.75, 3.05) is 31.1 Å². The molecule has 10 heteroatoms. The molecule has 1 aliphatic heterocycles. The Balaban J connectivity index is 1.60. The summed E-state index contributed by atoms with van der Waals surface area (Å²) in [6.45, 7) is 3.99. The van der Waals surface area contributed by atoms with E-state index in [1.54, 1.807) is 0 Å². The van der Waals surface area contributed by atoms with E-state index in [0.717, 1.165) is 23.4 Å². The Morgan fingerprint density at radius 2 is 1.71 bits per heavy atom. The van der Waals surface area contributed by atoms with Gasteiger partial charge in [-0.3, -0.25) is 15.0 Å². The van der Waals surface area contributed by atoms with E-state index < -0.39 is 22.7 Å². The lowest BCUT2D eigenvalue weighted by molar-refractivity contribution is -0.385. The molecule has 1 aromatic heterocycles. The van der Waals surface area contributed by atoms with Crippen LogP contribution in [0.5, 0.6) is 5.75 Å². The molecule has 0 amide bonds. The lowest BCUT2D eigenvalue weighted by Crippen LogP contribution is -2.48. The van der Waals surface area contributed by atoms with Crippen LogP contribution in [0.4, 0.5) is 24.7 Å². The Kier molecular flexibility index (Phi) is 6.43. The third-order valence-corrected chi connectivity index (χ3v) is 5.99. The second-order valence-electron chi connectivity index (χ2n) is 8.24. The number of anilines is 1. The molecule has 0 saturated carbocycles. The van der Waals surface area contributed by atoms with Gasteiger partial charge >= 0.3 is 6.18 Å². The number of pyridine rings is 1. The zero-order chi connectivity index (χ0) is 24.5. The number of halogens is 3. The van der Waals surface area contributed by atoms with Gasteiger partial charge in [0.25, 0.3) is 5.69 Å². The van der Waals surface area contributed by atoms with Gasteiger partial charge in [0.05, 0.1) is 16.5 Å². The predicted octanol–water partition coefficient (Wildman–Crippen LogP) is 4.93. The van der Waals surface area contributed by atoms with Crippen LogP contribution in [0.1, 0.15) is 28.3 Å². The number of piperazine rings is 1. The summed E-state index contributed by atoms with van der Waals surface area (Å²) < 4.78 is 38.5.